The van der Waals surface area contributed by atoms with Gasteiger partial charge in [-0.1, -0.05) is 48.5 Å². The van der Waals surface area contributed by atoms with Crippen molar-refractivity contribution < 1.29 is 4.74 Å². The Balaban J connectivity index is 2.36. The molecule has 1 unspecified atom stereocenters. The second kappa shape index (κ2) is 4.95. The molecule has 1 atom stereocenters. The zero-order chi connectivity index (χ0) is 11.4. The Morgan fingerprint density at radius 1 is 0.875 bits per heavy atom. The van der Waals surface area contributed by atoms with Crippen LogP contribution in [0.3, 0.4) is 0 Å². The number of methoxy groups -OCH3 is 1. The van der Waals surface area contributed by atoms with Crippen LogP contribution in [-0.2, 0) is 4.74 Å². The van der Waals surface area contributed by atoms with Crippen LogP contribution < -0.4 is 0 Å². The molecule has 1 heteroatoms. The van der Waals surface area contributed by atoms with Crippen LogP contribution in [-0.4, -0.2) is 7.11 Å². The third-order valence-electron chi connectivity index (χ3n) is 2.82. The molecule has 0 fully saturated rings. The average Bonchev–Trinajstić information content (AvgIpc) is 2.39. The predicted octanol–water partition coefficient (Wildman–Crippen LogP) is 4.06. The molecule has 0 heterocycles. The summed E-state index contributed by atoms with van der Waals surface area (Å²) < 4.78 is 5.33. The van der Waals surface area contributed by atoms with Crippen LogP contribution in [0, 0.1) is 0 Å². The Labute approximate surface area is 96.7 Å². The van der Waals surface area contributed by atoms with Gasteiger partial charge in [-0.25, -0.2) is 0 Å². The summed E-state index contributed by atoms with van der Waals surface area (Å²) in [5, 5.41) is 0. The highest BCUT2D eigenvalue weighted by Gasteiger charge is 2.04. The van der Waals surface area contributed by atoms with E-state index in [0.717, 1.165) is 0 Å². The zero-order valence-electron chi connectivity index (χ0n) is 9.68. The van der Waals surface area contributed by atoms with Gasteiger partial charge in [0.1, 0.15) is 0 Å². The number of rotatable bonds is 3. The minimum atomic E-state index is 0.142. The van der Waals surface area contributed by atoms with Crippen molar-refractivity contribution in [1.29, 1.82) is 0 Å². The highest BCUT2D eigenvalue weighted by molar-refractivity contribution is 5.64. The Hall–Kier alpha value is -1.60. The molecule has 0 N–H and O–H groups in total. The van der Waals surface area contributed by atoms with Crippen LogP contribution in [0.25, 0.3) is 11.1 Å². The smallest absolute Gasteiger partial charge is 0.0793 e. The van der Waals surface area contributed by atoms with Gasteiger partial charge >= 0.3 is 0 Å². The van der Waals surface area contributed by atoms with E-state index < -0.39 is 0 Å². The monoisotopic (exact) mass is 212 g/mol. The number of ether oxygens (including phenoxy) is 1. The summed E-state index contributed by atoms with van der Waals surface area (Å²) in [5.41, 5.74) is 3.69. The Morgan fingerprint density at radius 3 is 2.25 bits per heavy atom. The summed E-state index contributed by atoms with van der Waals surface area (Å²) in [7, 11) is 1.74. The van der Waals surface area contributed by atoms with Crippen molar-refractivity contribution in [2.45, 2.75) is 13.0 Å². The minimum Gasteiger partial charge on any atom is -0.377 e. The third kappa shape index (κ3) is 2.31. The molecule has 0 saturated carbocycles. The Morgan fingerprint density at radius 2 is 1.56 bits per heavy atom. The maximum absolute atomic E-state index is 5.33. The van der Waals surface area contributed by atoms with Crippen molar-refractivity contribution in [1.82, 2.24) is 0 Å². The first-order valence-corrected chi connectivity index (χ1v) is 5.49. The predicted molar refractivity (Wildman–Crippen MR) is 67.3 cm³/mol. The SMILES string of the molecule is COC(C)c1cccc(-c2ccccc2)c1. The molecule has 0 radical (unpaired) electrons. The van der Waals surface area contributed by atoms with Gasteiger partial charge in [0.25, 0.3) is 0 Å². The average molecular weight is 212 g/mol. The van der Waals surface area contributed by atoms with E-state index in [1.165, 1.54) is 16.7 Å². The largest absolute Gasteiger partial charge is 0.377 e. The lowest BCUT2D eigenvalue weighted by Crippen LogP contribution is -1.95. The molecular weight excluding hydrogens is 196 g/mol. The normalized spacial score (nSPS) is 12.4. The summed E-state index contributed by atoms with van der Waals surface area (Å²) in [6, 6.07) is 18.9. The molecule has 0 aliphatic heterocycles. The van der Waals surface area contributed by atoms with E-state index in [9.17, 15) is 0 Å². The molecule has 0 spiro atoms. The van der Waals surface area contributed by atoms with E-state index in [2.05, 4.69) is 55.5 Å². The Kier molecular flexibility index (Phi) is 3.37. The summed E-state index contributed by atoms with van der Waals surface area (Å²) >= 11 is 0. The molecule has 0 aliphatic carbocycles. The van der Waals surface area contributed by atoms with E-state index in [1.807, 2.05) is 6.07 Å². The summed E-state index contributed by atoms with van der Waals surface area (Å²) in [6.07, 6.45) is 0.142. The highest BCUT2D eigenvalue weighted by atomic mass is 16.5. The lowest BCUT2D eigenvalue weighted by molar-refractivity contribution is 0.119. The van der Waals surface area contributed by atoms with Crippen LogP contribution in [0.2, 0.25) is 0 Å². The van der Waals surface area contributed by atoms with Crippen LogP contribution in [0.4, 0.5) is 0 Å². The molecule has 0 saturated heterocycles. The molecule has 1 nitrogen and oxygen atoms in total. The molecule has 0 aromatic heterocycles. The molecule has 0 aliphatic rings. The maximum Gasteiger partial charge on any atom is 0.0793 e. The molecule has 0 amide bonds. The highest BCUT2D eigenvalue weighted by Crippen LogP contribution is 2.23. The van der Waals surface area contributed by atoms with Gasteiger partial charge in [0.15, 0.2) is 0 Å². The van der Waals surface area contributed by atoms with Gasteiger partial charge in [0.05, 0.1) is 6.10 Å². The molecule has 16 heavy (non-hydrogen) atoms. The van der Waals surface area contributed by atoms with Gasteiger partial charge in [-0.2, -0.15) is 0 Å². The summed E-state index contributed by atoms with van der Waals surface area (Å²) in [4.78, 5) is 0. The fourth-order valence-electron chi connectivity index (χ4n) is 1.74. The quantitative estimate of drug-likeness (QED) is 0.745. The summed E-state index contributed by atoms with van der Waals surface area (Å²) in [6.45, 7) is 2.06. The second-order valence-corrected chi connectivity index (χ2v) is 3.87. The lowest BCUT2D eigenvalue weighted by atomic mass is 10.0. The first-order chi connectivity index (χ1) is 7.81. The number of benzene rings is 2. The van der Waals surface area contributed by atoms with Crippen molar-refractivity contribution in [3.8, 4) is 11.1 Å². The first kappa shape index (κ1) is 10.9. The Bertz CT molecular complexity index is 448. The van der Waals surface area contributed by atoms with E-state index in [0.29, 0.717) is 0 Å². The molecule has 2 rings (SSSR count). The van der Waals surface area contributed by atoms with Gasteiger partial charge in [-0.05, 0) is 29.7 Å². The topological polar surface area (TPSA) is 9.23 Å². The number of hydrogen-bond donors (Lipinski definition) is 0. The fraction of sp³-hybridized carbons (Fsp3) is 0.200. The molecule has 2 aromatic rings. The van der Waals surface area contributed by atoms with E-state index in [-0.39, 0.29) is 6.10 Å². The van der Waals surface area contributed by atoms with Gasteiger partial charge in [-0.15, -0.1) is 0 Å². The maximum atomic E-state index is 5.33. The van der Waals surface area contributed by atoms with Crippen molar-refractivity contribution in [3.63, 3.8) is 0 Å². The van der Waals surface area contributed by atoms with Crippen LogP contribution in [0.15, 0.2) is 54.6 Å². The van der Waals surface area contributed by atoms with Gasteiger partial charge < -0.3 is 4.74 Å². The second-order valence-electron chi connectivity index (χ2n) is 3.87. The van der Waals surface area contributed by atoms with Gasteiger partial charge in [-0.3, -0.25) is 0 Å². The minimum absolute atomic E-state index is 0.142. The van der Waals surface area contributed by atoms with Crippen LogP contribution in [0.1, 0.15) is 18.6 Å². The van der Waals surface area contributed by atoms with Crippen molar-refractivity contribution in [2.24, 2.45) is 0 Å². The fourth-order valence-corrected chi connectivity index (χ4v) is 1.74. The van der Waals surface area contributed by atoms with Gasteiger partial charge in [0, 0.05) is 7.11 Å². The van der Waals surface area contributed by atoms with Crippen molar-refractivity contribution in [3.05, 3.63) is 60.2 Å². The van der Waals surface area contributed by atoms with E-state index in [1.54, 1.807) is 7.11 Å². The first-order valence-electron chi connectivity index (χ1n) is 5.49. The molecular formula is C15H16O. The van der Waals surface area contributed by atoms with E-state index >= 15 is 0 Å². The molecule has 82 valence electrons. The third-order valence-corrected chi connectivity index (χ3v) is 2.82. The number of hydrogen-bond acceptors (Lipinski definition) is 1. The summed E-state index contributed by atoms with van der Waals surface area (Å²) in [5.74, 6) is 0. The lowest BCUT2D eigenvalue weighted by Gasteiger charge is -2.11. The van der Waals surface area contributed by atoms with Crippen molar-refractivity contribution >= 4 is 0 Å². The van der Waals surface area contributed by atoms with Crippen LogP contribution in [0.5, 0.6) is 0 Å². The molecule has 2 aromatic carbocycles. The van der Waals surface area contributed by atoms with Gasteiger partial charge in [0.2, 0.25) is 0 Å². The zero-order valence-corrected chi connectivity index (χ0v) is 9.68. The van der Waals surface area contributed by atoms with E-state index in [4.69, 9.17) is 4.74 Å². The van der Waals surface area contributed by atoms with Crippen molar-refractivity contribution in [2.75, 3.05) is 7.11 Å². The molecule has 0 bridgehead atoms. The standard InChI is InChI=1S/C15H16O/c1-12(16-2)14-9-6-10-15(11-14)13-7-4-3-5-8-13/h3-12H,1-2H3. The van der Waals surface area contributed by atoms with Crippen LogP contribution >= 0.6 is 0 Å².